The Morgan fingerprint density at radius 2 is 2.10 bits per heavy atom. The molecular formula is C24H36F2N4O. The van der Waals surface area contributed by atoms with E-state index in [1.54, 1.807) is 0 Å². The van der Waals surface area contributed by atoms with Crippen LogP contribution in [0.1, 0.15) is 38.3 Å². The number of aryl methyl sites for hydroxylation is 1. The van der Waals surface area contributed by atoms with E-state index in [9.17, 15) is 8.78 Å². The predicted octanol–water partition coefficient (Wildman–Crippen LogP) is 3.12. The first kappa shape index (κ1) is 21.5. The third-order valence-electron chi connectivity index (χ3n) is 7.97. The number of aromatic nitrogens is 1. The van der Waals surface area contributed by atoms with Gasteiger partial charge in [0.2, 0.25) is 0 Å². The summed E-state index contributed by atoms with van der Waals surface area (Å²) < 4.78 is 34.6. The van der Waals surface area contributed by atoms with E-state index in [1.807, 2.05) is 13.1 Å². The maximum Gasteiger partial charge on any atom is 0.159 e. The van der Waals surface area contributed by atoms with E-state index < -0.39 is 18.4 Å². The van der Waals surface area contributed by atoms with Crippen LogP contribution in [0.25, 0.3) is 0 Å². The molecule has 0 bridgehead atoms. The highest BCUT2D eigenvalue weighted by molar-refractivity contribution is 5.45. The van der Waals surface area contributed by atoms with Gasteiger partial charge in [0.25, 0.3) is 0 Å². The average Bonchev–Trinajstić information content (AvgIpc) is 2.78. The van der Waals surface area contributed by atoms with Gasteiger partial charge in [-0.3, -0.25) is 9.88 Å². The molecule has 172 valence electrons. The van der Waals surface area contributed by atoms with E-state index in [0.717, 1.165) is 38.3 Å². The number of piperidine rings is 2. The molecule has 0 spiro atoms. The van der Waals surface area contributed by atoms with Crippen LogP contribution in [0.2, 0.25) is 0 Å². The Morgan fingerprint density at radius 3 is 2.90 bits per heavy atom. The Balaban J connectivity index is 1.19. The van der Waals surface area contributed by atoms with Crippen LogP contribution in [0, 0.1) is 18.8 Å². The molecule has 1 saturated carbocycles. The smallest absolute Gasteiger partial charge is 0.159 e. The Hall–Kier alpha value is -1.31. The average molecular weight is 435 g/mol. The first-order valence-corrected chi connectivity index (χ1v) is 12.1. The molecule has 1 aromatic heterocycles. The largest absolute Gasteiger partial charge is 0.372 e. The fraction of sp³-hybridized carbons (Fsp3) is 0.792. The van der Waals surface area contributed by atoms with Gasteiger partial charge in [0.15, 0.2) is 6.17 Å². The van der Waals surface area contributed by atoms with Gasteiger partial charge in [-0.2, -0.15) is 0 Å². The molecule has 5 nitrogen and oxygen atoms in total. The van der Waals surface area contributed by atoms with Gasteiger partial charge >= 0.3 is 0 Å². The molecule has 3 saturated heterocycles. The minimum atomic E-state index is -1.48. The second-order valence-corrected chi connectivity index (χ2v) is 10.2. The summed E-state index contributed by atoms with van der Waals surface area (Å²) in [5, 5.41) is 3.82. The zero-order chi connectivity index (χ0) is 21.5. The molecule has 0 amide bonds. The molecule has 1 aliphatic carbocycles. The van der Waals surface area contributed by atoms with Crippen LogP contribution in [0.3, 0.4) is 0 Å². The third kappa shape index (κ3) is 4.33. The SMILES string of the molecule is Cc1ccc(N2CCC[C@H](NCC3CC4CC(F)C(F)C5OCC(C)N(C3)C45)C2)cn1. The highest BCUT2D eigenvalue weighted by Gasteiger charge is 2.54. The number of pyridine rings is 1. The van der Waals surface area contributed by atoms with Gasteiger partial charge in [-0.25, -0.2) is 8.78 Å². The van der Waals surface area contributed by atoms with Gasteiger partial charge in [-0.1, -0.05) is 0 Å². The molecule has 4 fully saturated rings. The zero-order valence-electron chi connectivity index (χ0n) is 18.7. The van der Waals surface area contributed by atoms with E-state index in [4.69, 9.17) is 4.74 Å². The summed E-state index contributed by atoms with van der Waals surface area (Å²) in [4.78, 5) is 9.30. The molecule has 31 heavy (non-hydrogen) atoms. The number of anilines is 1. The van der Waals surface area contributed by atoms with Gasteiger partial charge in [0.05, 0.1) is 18.5 Å². The topological polar surface area (TPSA) is 40.6 Å². The third-order valence-corrected chi connectivity index (χ3v) is 7.97. The zero-order valence-corrected chi connectivity index (χ0v) is 18.7. The Bertz CT molecular complexity index is 750. The number of halogens is 2. The molecule has 4 heterocycles. The summed E-state index contributed by atoms with van der Waals surface area (Å²) in [5.41, 5.74) is 2.24. The maximum absolute atomic E-state index is 14.5. The number of morpholine rings is 1. The number of rotatable bonds is 4. The standard InChI is InChI=1S/C24H36F2N4O/c1-15-5-6-20(11-27-15)29-7-3-4-19(13-29)28-10-17-8-18-9-21(25)22(26)24-23(18)30(12-17)16(2)14-31-24/h5-6,11,16-19,21-24,28H,3-4,7-10,12-14H2,1-2H3/t16?,17?,18?,19-,21?,22?,23?,24?/m0/s1. The molecule has 1 N–H and O–H groups in total. The lowest BCUT2D eigenvalue weighted by atomic mass is 9.71. The minimum absolute atomic E-state index is 0.0428. The maximum atomic E-state index is 14.5. The number of alkyl halides is 2. The first-order valence-electron chi connectivity index (χ1n) is 12.1. The minimum Gasteiger partial charge on any atom is -0.372 e. The number of hydrogen-bond acceptors (Lipinski definition) is 5. The molecule has 1 aromatic rings. The highest BCUT2D eigenvalue weighted by atomic mass is 19.2. The van der Waals surface area contributed by atoms with Crippen molar-refractivity contribution in [3.63, 3.8) is 0 Å². The van der Waals surface area contributed by atoms with Crippen LogP contribution in [0.5, 0.6) is 0 Å². The fourth-order valence-electron chi connectivity index (χ4n) is 6.36. The van der Waals surface area contributed by atoms with Crippen molar-refractivity contribution < 1.29 is 13.5 Å². The lowest BCUT2D eigenvalue weighted by molar-refractivity contribution is -0.192. The van der Waals surface area contributed by atoms with Crippen molar-refractivity contribution in [2.45, 2.75) is 76.1 Å². The molecule has 5 rings (SSSR count). The fourth-order valence-corrected chi connectivity index (χ4v) is 6.36. The molecule has 7 unspecified atom stereocenters. The molecule has 8 atom stereocenters. The van der Waals surface area contributed by atoms with Gasteiger partial charge < -0.3 is 15.0 Å². The van der Waals surface area contributed by atoms with Gasteiger partial charge in [0, 0.05) is 43.5 Å². The van der Waals surface area contributed by atoms with Crippen LogP contribution in [-0.2, 0) is 4.74 Å². The number of nitrogens with zero attached hydrogens (tertiary/aromatic N) is 3. The number of hydrogen-bond donors (Lipinski definition) is 1. The van der Waals surface area contributed by atoms with Crippen molar-refractivity contribution in [2.75, 3.05) is 37.7 Å². The van der Waals surface area contributed by atoms with E-state index in [2.05, 4.69) is 39.2 Å². The molecule has 0 radical (unpaired) electrons. The Labute approximate surface area is 184 Å². The highest BCUT2D eigenvalue weighted by Crippen LogP contribution is 2.43. The number of ether oxygens (including phenoxy) is 1. The van der Waals surface area contributed by atoms with Gasteiger partial charge in [-0.05, 0) is 70.0 Å². The first-order chi connectivity index (χ1) is 15.0. The van der Waals surface area contributed by atoms with Crippen LogP contribution < -0.4 is 10.2 Å². The molecular weight excluding hydrogens is 398 g/mol. The quantitative estimate of drug-likeness (QED) is 0.789. The lowest BCUT2D eigenvalue weighted by Crippen LogP contribution is -2.68. The molecule has 4 aliphatic rings. The van der Waals surface area contributed by atoms with E-state index in [-0.39, 0.29) is 18.0 Å². The second kappa shape index (κ2) is 8.91. The van der Waals surface area contributed by atoms with Crippen molar-refractivity contribution in [1.29, 1.82) is 0 Å². The van der Waals surface area contributed by atoms with Crippen molar-refractivity contribution in [3.05, 3.63) is 24.0 Å². The molecule has 7 heteroatoms. The van der Waals surface area contributed by atoms with Crippen LogP contribution in [0.15, 0.2) is 18.3 Å². The number of nitrogens with one attached hydrogen (secondary N) is 1. The Morgan fingerprint density at radius 1 is 1.23 bits per heavy atom. The van der Waals surface area contributed by atoms with Gasteiger partial charge in [-0.15, -0.1) is 0 Å². The van der Waals surface area contributed by atoms with Crippen molar-refractivity contribution in [2.24, 2.45) is 11.8 Å². The van der Waals surface area contributed by atoms with E-state index in [1.165, 1.54) is 18.5 Å². The monoisotopic (exact) mass is 434 g/mol. The summed E-state index contributed by atoms with van der Waals surface area (Å²) in [6.45, 7) is 8.65. The van der Waals surface area contributed by atoms with Crippen LogP contribution in [-0.4, -0.2) is 79.2 Å². The van der Waals surface area contributed by atoms with E-state index >= 15 is 0 Å². The summed E-state index contributed by atoms with van der Waals surface area (Å²) >= 11 is 0. The predicted molar refractivity (Wildman–Crippen MR) is 118 cm³/mol. The second-order valence-electron chi connectivity index (χ2n) is 10.2. The van der Waals surface area contributed by atoms with Crippen molar-refractivity contribution in [1.82, 2.24) is 15.2 Å². The van der Waals surface area contributed by atoms with Crippen molar-refractivity contribution >= 4 is 5.69 Å². The summed E-state index contributed by atoms with van der Waals surface area (Å²) in [5.74, 6) is 0.666. The van der Waals surface area contributed by atoms with Crippen molar-refractivity contribution in [3.8, 4) is 0 Å². The summed E-state index contributed by atoms with van der Waals surface area (Å²) in [6, 6.07) is 5.01. The normalized spacial score (nSPS) is 41.1. The summed E-state index contributed by atoms with van der Waals surface area (Å²) in [7, 11) is 0. The van der Waals surface area contributed by atoms with Crippen LogP contribution in [0.4, 0.5) is 14.5 Å². The molecule has 3 aliphatic heterocycles. The van der Waals surface area contributed by atoms with Gasteiger partial charge in [0.1, 0.15) is 12.3 Å². The lowest BCUT2D eigenvalue weighted by Gasteiger charge is -2.56. The molecule has 0 aromatic carbocycles. The summed E-state index contributed by atoms with van der Waals surface area (Å²) in [6.07, 6.45) is 2.18. The van der Waals surface area contributed by atoms with Crippen LogP contribution >= 0.6 is 0 Å². The Kier molecular flexibility index (Phi) is 6.19. The van der Waals surface area contributed by atoms with E-state index in [0.29, 0.717) is 25.0 Å².